The molecule has 5 nitrogen and oxygen atoms in total. The maximum atomic E-state index is 11.9. The van der Waals surface area contributed by atoms with Crippen LogP contribution in [0.2, 0.25) is 0 Å². The number of hydrogen-bond donors (Lipinski definition) is 3. The van der Waals surface area contributed by atoms with E-state index in [1.54, 1.807) is 0 Å². The van der Waals surface area contributed by atoms with Crippen LogP contribution in [0.4, 0.5) is 5.69 Å². The molecule has 3 N–H and O–H groups in total. The summed E-state index contributed by atoms with van der Waals surface area (Å²) in [4.78, 5) is 22.9. The number of carbonyl (C=O) groups is 2. The standard InChI is InChI=1S/C13H17N3O2.ClH/c1-14-8-9-3-2-4-10(7-9)15-13(18)11-5-6-12(17)16-11;/h2-4,7,11,14H,5-6,8H2,1H3,(H,15,18)(H,16,17);1H. The highest BCUT2D eigenvalue weighted by Crippen LogP contribution is 2.13. The van der Waals surface area contributed by atoms with Gasteiger partial charge in [-0.1, -0.05) is 12.1 Å². The summed E-state index contributed by atoms with van der Waals surface area (Å²) in [7, 11) is 1.87. The predicted molar refractivity (Wildman–Crippen MR) is 76.2 cm³/mol. The molecule has 1 saturated heterocycles. The van der Waals surface area contributed by atoms with Crippen LogP contribution >= 0.6 is 12.4 Å². The molecular weight excluding hydrogens is 266 g/mol. The molecular formula is C13H18ClN3O2. The lowest BCUT2D eigenvalue weighted by atomic mass is 10.1. The average Bonchev–Trinajstić information content (AvgIpc) is 2.77. The van der Waals surface area contributed by atoms with Gasteiger partial charge in [0.15, 0.2) is 0 Å². The van der Waals surface area contributed by atoms with Crippen LogP contribution in [0.15, 0.2) is 24.3 Å². The minimum absolute atomic E-state index is 0. The molecule has 1 aliphatic heterocycles. The molecule has 1 atom stereocenters. The first kappa shape index (κ1) is 15.5. The van der Waals surface area contributed by atoms with Gasteiger partial charge in [0.25, 0.3) is 0 Å². The normalized spacial score (nSPS) is 17.5. The second kappa shape index (κ2) is 7.11. The van der Waals surface area contributed by atoms with E-state index in [0.29, 0.717) is 12.8 Å². The predicted octanol–water partition coefficient (Wildman–Crippen LogP) is 1.04. The highest BCUT2D eigenvalue weighted by atomic mass is 35.5. The van der Waals surface area contributed by atoms with Crippen LogP contribution in [0.3, 0.4) is 0 Å². The number of nitrogens with one attached hydrogen (secondary N) is 3. The molecule has 1 fully saturated rings. The molecule has 0 radical (unpaired) electrons. The Balaban J connectivity index is 0.00000180. The fraction of sp³-hybridized carbons (Fsp3) is 0.385. The van der Waals surface area contributed by atoms with E-state index in [1.807, 2.05) is 31.3 Å². The quantitative estimate of drug-likeness (QED) is 0.773. The third kappa shape index (κ3) is 4.22. The van der Waals surface area contributed by atoms with Crippen molar-refractivity contribution in [2.75, 3.05) is 12.4 Å². The Hall–Kier alpha value is -1.59. The Morgan fingerprint density at radius 3 is 2.89 bits per heavy atom. The molecule has 1 aromatic carbocycles. The van der Waals surface area contributed by atoms with Crippen molar-refractivity contribution in [3.05, 3.63) is 29.8 Å². The molecule has 1 aliphatic rings. The molecule has 19 heavy (non-hydrogen) atoms. The largest absolute Gasteiger partial charge is 0.344 e. The third-order valence-corrected chi connectivity index (χ3v) is 2.89. The molecule has 1 heterocycles. The summed E-state index contributed by atoms with van der Waals surface area (Å²) in [5.41, 5.74) is 1.86. The maximum Gasteiger partial charge on any atom is 0.246 e. The Labute approximate surface area is 118 Å². The maximum absolute atomic E-state index is 11.9. The van der Waals surface area contributed by atoms with E-state index >= 15 is 0 Å². The zero-order chi connectivity index (χ0) is 13.0. The van der Waals surface area contributed by atoms with E-state index in [-0.39, 0.29) is 24.2 Å². The molecule has 0 aromatic heterocycles. The highest BCUT2D eigenvalue weighted by Gasteiger charge is 2.26. The highest BCUT2D eigenvalue weighted by molar-refractivity contribution is 5.98. The third-order valence-electron chi connectivity index (χ3n) is 2.89. The van der Waals surface area contributed by atoms with Gasteiger partial charge in [-0.15, -0.1) is 12.4 Å². The Morgan fingerprint density at radius 2 is 2.26 bits per heavy atom. The van der Waals surface area contributed by atoms with Gasteiger partial charge in [0, 0.05) is 18.7 Å². The number of hydrogen-bond acceptors (Lipinski definition) is 3. The van der Waals surface area contributed by atoms with E-state index in [1.165, 1.54) is 0 Å². The van der Waals surface area contributed by atoms with Crippen LogP contribution in [-0.2, 0) is 16.1 Å². The minimum atomic E-state index is -0.398. The molecule has 1 unspecified atom stereocenters. The van der Waals surface area contributed by atoms with Crippen molar-refractivity contribution in [2.45, 2.75) is 25.4 Å². The van der Waals surface area contributed by atoms with Crippen molar-refractivity contribution in [1.29, 1.82) is 0 Å². The summed E-state index contributed by atoms with van der Waals surface area (Å²) in [5.74, 6) is -0.207. The summed E-state index contributed by atoms with van der Waals surface area (Å²) in [6.07, 6.45) is 0.999. The molecule has 104 valence electrons. The second-order valence-corrected chi connectivity index (χ2v) is 4.38. The van der Waals surface area contributed by atoms with Gasteiger partial charge in [-0.25, -0.2) is 0 Å². The monoisotopic (exact) mass is 283 g/mol. The number of rotatable bonds is 4. The van der Waals surface area contributed by atoms with Gasteiger partial charge in [-0.05, 0) is 31.2 Å². The zero-order valence-corrected chi connectivity index (χ0v) is 11.5. The van der Waals surface area contributed by atoms with Crippen molar-refractivity contribution in [2.24, 2.45) is 0 Å². The number of benzene rings is 1. The molecule has 1 aromatic rings. The summed E-state index contributed by atoms with van der Waals surface area (Å²) >= 11 is 0. The van der Waals surface area contributed by atoms with E-state index in [2.05, 4.69) is 16.0 Å². The van der Waals surface area contributed by atoms with E-state index in [4.69, 9.17) is 0 Å². The fourth-order valence-corrected chi connectivity index (χ4v) is 2.00. The van der Waals surface area contributed by atoms with Gasteiger partial charge in [-0.3, -0.25) is 9.59 Å². The number of amides is 2. The molecule has 2 amide bonds. The van der Waals surface area contributed by atoms with Crippen LogP contribution in [0.1, 0.15) is 18.4 Å². The van der Waals surface area contributed by atoms with Crippen molar-refractivity contribution in [3.63, 3.8) is 0 Å². The fourth-order valence-electron chi connectivity index (χ4n) is 2.00. The number of anilines is 1. The van der Waals surface area contributed by atoms with Crippen molar-refractivity contribution < 1.29 is 9.59 Å². The van der Waals surface area contributed by atoms with Crippen LogP contribution < -0.4 is 16.0 Å². The first-order valence-electron chi connectivity index (χ1n) is 6.03. The smallest absolute Gasteiger partial charge is 0.246 e. The molecule has 2 rings (SSSR count). The van der Waals surface area contributed by atoms with Gasteiger partial charge in [0.2, 0.25) is 11.8 Å². The van der Waals surface area contributed by atoms with E-state index in [9.17, 15) is 9.59 Å². The van der Waals surface area contributed by atoms with E-state index < -0.39 is 6.04 Å². The summed E-state index contributed by atoms with van der Waals surface area (Å²) in [6, 6.07) is 7.25. The van der Waals surface area contributed by atoms with Crippen molar-refractivity contribution in [1.82, 2.24) is 10.6 Å². The molecule has 0 bridgehead atoms. The molecule has 0 saturated carbocycles. The number of halogens is 1. The SMILES string of the molecule is CNCc1cccc(NC(=O)C2CCC(=O)N2)c1.Cl. The molecule has 6 heteroatoms. The topological polar surface area (TPSA) is 70.2 Å². The number of carbonyl (C=O) groups excluding carboxylic acids is 2. The van der Waals surface area contributed by atoms with Crippen molar-refractivity contribution in [3.8, 4) is 0 Å². The van der Waals surface area contributed by atoms with Crippen LogP contribution in [-0.4, -0.2) is 24.9 Å². The summed E-state index contributed by atoms with van der Waals surface area (Å²) < 4.78 is 0. The summed E-state index contributed by atoms with van der Waals surface area (Å²) in [5, 5.41) is 8.53. The Morgan fingerprint density at radius 1 is 1.47 bits per heavy atom. The Kier molecular flexibility index (Phi) is 5.79. The lowest BCUT2D eigenvalue weighted by molar-refractivity contribution is -0.122. The van der Waals surface area contributed by atoms with Crippen LogP contribution in [0, 0.1) is 0 Å². The van der Waals surface area contributed by atoms with Gasteiger partial charge in [0.05, 0.1) is 0 Å². The second-order valence-electron chi connectivity index (χ2n) is 4.38. The van der Waals surface area contributed by atoms with Gasteiger partial charge >= 0.3 is 0 Å². The van der Waals surface area contributed by atoms with E-state index in [0.717, 1.165) is 17.8 Å². The molecule has 0 aliphatic carbocycles. The van der Waals surface area contributed by atoms with Gasteiger partial charge < -0.3 is 16.0 Å². The lowest BCUT2D eigenvalue weighted by Gasteiger charge is -2.11. The Bertz CT molecular complexity index is 465. The lowest BCUT2D eigenvalue weighted by Crippen LogP contribution is -2.37. The van der Waals surface area contributed by atoms with Crippen LogP contribution in [0.5, 0.6) is 0 Å². The average molecular weight is 284 g/mol. The minimum Gasteiger partial charge on any atom is -0.344 e. The van der Waals surface area contributed by atoms with Gasteiger partial charge in [0.1, 0.15) is 6.04 Å². The van der Waals surface area contributed by atoms with Gasteiger partial charge in [-0.2, -0.15) is 0 Å². The van der Waals surface area contributed by atoms with Crippen LogP contribution in [0.25, 0.3) is 0 Å². The zero-order valence-electron chi connectivity index (χ0n) is 10.7. The molecule has 0 spiro atoms. The summed E-state index contributed by atoms with van der Waals surface area (Å²) in [6.45, 7) is 0.754. The first-order valence-corrected chi connectivity index (χ1v) is 6.03. The van der Waals surface area contributed by atoms with Crippen molar-refractivity contribution >= 4 is 29.9 Å². The first-order chi connectivity index (χ1) is 8.69.